The molecule has 2 aromatic heterocycles. The second-order valence-corrected chi connectivity index (χ2v) is 15.2. The summed E-state index contributed by atoms with van der Waals surface area (Å²) in [5.41, 5.74) is 3.68. The van der Waals surface area contributed by atoms with Gasteiger partial charge in [0.05, 0.1) is 55.5 Å². The maximum Gasteiger partial charge on any atom is 0.341 e. The number of cyclic esters (lactones) is 1. The van der Waals surface area contributed by atoms with Crippen molar-refractivity contribution in [3.8, 4) is 0 Å². The Balaban J connectivity index is 1.26. The van der Waals surface area contributed by atoms with Crippen LogP contribution in [-0.2, 0) is 19.1 Å². The smallest absolute Gasteiger partial charge is 0.341 e. The molecule has 1 spiro atoms. The predicted octanol–water partition coefficient (Wildman–Crippen LogP) is 1.80. The van der Waals surface area contributed by atoms with Crippen LogP contribution >= 0.6 is 0 Å². The van der Waals surface area contributed by atoms with Gasteiger partial charge in [-0.2, -0.15) is 0 Å². The maximum atomic E-state index is 13.7. The van der Waals surface area contributed by atoms with Crippen LogP contribution in [0.4, 0.5) is 11.8 Å². The van der Waals surface area contributed by atoms with Gasteiger partial charge >= 0.3 is 5.97 Å². The predicted molar refractivity (Wildman–Crippen MR) is 193 cm³/mol. The topological polar surface area (TPSA) is 230 Å². The zero-order valence-corrected chi connectivity index (χ0v) is 29.5. The summed E-state index contributed by atoms with van der Waals surface area (Å²) >= 11 is 0. The van der Waals surface area contributed by atoms with Gasteiger partial charge in [0.15, 0.2) is 11.7 Å². The first-order valence-corrected chi connectivity index (χ1v) is 17.8. The first-order chi connectivity index (χ1) is 24.9. The van der Waals surface area contributed by atoms with Crippen LogP contribution in [0.2, 0.25) is 0 Å². The van der Waals surface area contributed by atoms with E-state index in [0.29, 0.717) is 56.1 Å². The number of aliphatic hydroxyl groups excluding tert-OH is 2. The highest BCUT2D eigenvalue weighted by atomic mass is 16.6. The minimum atomic E-state index is -0.826. The number of nitrogens with zero attached hydrogens (tertiary/aromatic N) is 4. The Morgan fingerprint density at radius 1 is 1.25 bits per heavy atom. The molecule has 2 saturated carbocycles. The molecule has 5 aliphatic rings. The number of rotatable bonds is 12. The van der Waals surface area contributed by atoms with Crippen molar-refractivity contribution in [2.75, 3.05) is 30.8 Å². The van der Waals surface area contributed by atoms with E-state index in [2.05, 4.69) is 42.5 Å². The number of aliphatic hydroxyl groups is 2. The fraction of sp³-hybridized carbons (Fsp3) is 0.541. The summed E-state index contributed by atoms with van der Waals surface area (Å²) in [6, 6.07) is 3.99. The normalized spacial score (nSPS) is 34.0. The molecule has 0 bridgehead atoms. The lowest BCUT2D eigenvalue weighted by Crippen LogP contribution is -2.67. The number of esters is 1. The third-order valence-electron chi connectivity index (χ3n) is 12.2. The molecular weight excluding hydrogens is 668 g/mol. The molecule has 3 fully saturated rings. The summed E-state index contributed by atoms with van der Waals surface area (Å²) in [6.07, 6.45) is 9.22. The number of Topliss-reactive ketones (excluding diaryl/α,β-unsaturated/α-hetero) is 1. The number of carbonyl (C=O) groups is 2. The minimum absolute atomic E-state index is 0.0293. The molecule has 276 valence electrons. The lowest BCUT2D eigenvalue weighted by Gasteiger charge is -2.63. The highest BCUT2D eigenvalue weighted by Crippen LogP contribution is 2.66. The fourth-order valence-electron chi connectivity index (χ4n) is 9.17. The number of nitrogen functional groups attached to an aromatic ring is 1. The van der Waals surface area contributed by atoms with Crippen LogP contribution in [0, 0.1) is 22.7 Å². The molecule has 2 aromatic rings. The number of fused-ring (bicyclic) bond motifs is 1. The Morgan fingerprint density at radius 3 is 2.73 bits per heavy atom. The quantitative estimate of drug-likeness (QED) is 0.137. The van der Waals surface area contributed by atoms with Crippen LogP contribution in [0.3, 0.4) is 0 Å². The van der Waals surface area contributed by atoms with E-state index in [-0.39, 0.29) is 54.0 Å². The number of hydrogen-bond donors (Lipinski definition) is 6. The van der Waals surface area contributed by atoms with E-state index in [4.69, 9.17) is 15.2 Å². The number of allylic oxidation sites excluding steroid dienone is 1. The highest BCUT2D eigenvalue weighted by Gasteiger charge is 2.71. The molecule has 9 atom stereocenters. The van der Waals surface area contributed by atoms with Crippen molar-refractivity contribution in [2.45, 2.75) is 82.7 Å². The van der Waals surface area contributed by atoms with E-state index < -0.39 is 46.1 Å². The van der Waals surface area contributed by atoms with Gasteiger partial charge in [-0.05, 0) is 74.1 Å². The van der Waals surface area contributed by atoms with Crippen LogP contribution in [0.15, 0.2) is 62.8 Å². The molecule has 6 unspecified atom stereocenters. The maximum absolute atomic E-state index is 13.7. The Morgan fingerprint density at radius 2 is 2.06 bits per heavy atom. The van der Waals surface area contributed by atoms with Crippen LogP contribution in [0.25, 0.3) is 6.08 Å². The average molecular weight is 715 g/mol. The fourth-order valence-corrected chi connectivity index (χ4v) is 9.17. The molecule has 0 aromatic carbocycles. The van der Waals surface area contributed by atoms with Crippen LogP contribution in [0.5, 0.6) is 0 Å². The van der Waals surface area contributed by atoms with Crippen LogP contribution < -0.4 is 21.9 Å². The number of aliphatic imine (C=N–C) groups is 2. The van der Waals surface area contributed by atoms with E-state index >= 15 is 0 Å². The van der Waals surface area contributed by atoms with Crippen LogP contribution in [0.1, 0.15) is 58.4 Å². The Hall–Kier alpha value is -4.57. The number of nitrogens with one attached hydrogen (secondary N) is 3. The van der Waals surface area contributed by atoms with Gasteiger partial charge in [-0.15, -0.1) is 0 Å². The summed E-state index contributed by atoms with van der Waals surface area (Å²) in [4.78, 5) is 59.0. The molecule has 5 heterocycles. The Bertz CT molecular complexity index is 1910. The number of aromatic nitrogens is 3. The molecule has 1 saturated heterocycles. The van der Waals surface area contributed by atoms with E-state index in [0.717, 1.165) is 0 Å². The van der Waals surface area contributed by atoms with Gasteiger partial charge < -0.3 is 36.1 Å². The zero-order chi connectivity index (χ0) is 36.8. The lowest BCUT2D eigenvalue weighted by atomic mass is 9.43. The molecule has 7 N–H and O–H groups in total. The molecule has 15 heteroatoms. The Labute approximate surface area is 300 Å². The van der Waals surface area contributed by atoms with Crippen molar-refractivity contribution in [3.63, 3.8) is 0 Å². The lowest BCUT2D eigenvalue weighted by molar-refractivity contribution is -0.184. The SMILES string of the molecule is CC(NC1CC2[C@](C)(CC[C@@H](O)[C@@]2(C)CO)C(CC(Nc2ccccn2)C2=C/C(=C\c3cnc(N)[nH]c3=O)OC2=O)C12CO2)C(=O)CC1=NCC=N1. The van der Waals surface area contributed by atoms with Crippen LogP contribution in [-0.4, -0.2) is 98.6 Å². The first-order valence-electron chi connectivity index (χ1n) is 17.8. The van der Waals surface area contributed by atoms with Gasteiger partial charge in [0.2, 0.25) is 0 Å². The molecule has 15 nitrogen and oxygen atoms in total. The summed E-state index contributed by atoms with van der Waals surface area (Å²) < 4.78 is 12.2. The summed E-state index contributed by atoms with van der Waals surface area (Å²) in [5.74, 6) is 0.199. The molecule has 52 heavy (non-hydrogen) atoms. The van der Waals surface area contributed by atoms with Gasteiger partial charge in [0.1, 0.15) is 23.0 Å². The highest BCUT2D eigenvalue weighted by molar-refractivity contribution is 6.07. The first kappa shape index (κ1) is 35.8. The van der Waals surface area contributed by atoms with E-state index in [9.17, 15) is 24.6 Å². The summed E-state index contributed by atoms with van der Waals surface area (Å²) in [6.45, 7) is 6.68. The average Bonchev–Trinajstić information content (AvgIpc) is 3.57. The number of pyridine rings is 1. The number of ether oxygens (including phenoxy) is 2. The molecule has 2 aliphatic carbocycles. The summed E-state index contributed by atoms with van der Waals surface area (Å²) in [5, 5.41) is 29.3. The number of H-pyrrole nitrogens is 1. The van der Waals surface area contributed by atoms with Gasteiger partial charge in [0, 0.05) is 30.1 Å². The van der Waals surface area contributed by atoms with Gasteiger partial charge in [-0.25, -0.2) is 19.8 Å². The number of nitrogens with two attached hydrogens (primary N) is 1. The van der Waals surface area contributed by atoms with Crippen molar-refractivity contribution in [3.05, 3.63) is 63.9 Å². The minimum Gasteiger partial charge on any atom is -0.423 e. The number of anilines is 2. The number of hydrogen-bond acceptors (Lipinski definition) is 14. The number of epoxide rings is 1. The van der Waals surface area contributed by atoms with Crippen molar-refractivity contribution < 1.29 is 29.3 Å². The van der Waals surface area contributed by atoms with Crippen molar-refractivity contribution in [1.29, 1.82) is 0 Å². The van der Waals surface area contributed by atoms with E-state index in [1.54, 1.807) is 24.6 Å². The number of carbonyl (C=O) groups excluding carboxylic acids is 2. The molecule has 0 radical (unpaired) electrons. The molecule has 3 aliphatic heterocycles. The second-order valence-electron chi connectivity index (χ2n) is 15.2. The second kappa shape index (κ2) is 13.8. The Kier molecular flexibility index (Phi) is 9.48. The van der Waals surface area contributed by atoms with Crippen molar-refractivity contribution in [2.24, 2.45) is 32.7 Å². The molecular formula is C37H46N8O7. The van der Waals surface area contributed by atoms with Gasteiger partial charge in [-0.1, -0.05) is 19.9 Å². The van der Waals surface area contributed by atoms with E-state index in [1.807, 2.05) is 26.0 Å². The number of aromatic amines is 1. The van der Waals surface area contributed by atoms with Crippen molar-refractivity contribution >= 4 is 41.6 Å². The van der Waals surface area contributed by atoms with Crippen molar-refractivity contribution in [1.82, 2.24) is 20.3 Å². The standard InChI is InChI=1S/C37H46N8O7/c1-20(25(47)15-31-40-10-11-41-31)43-28-16-26-35(2,8-7-29(48)36(26,3)18-46)27(37(28)19-51-37)14-24(44-30-6-4-5-9-39-30)23-13-22(52-33(23)50)12-21-17-42-34(38)45-32(21)49/h4-6,9-10,12-13,17,20,24,26-29,43,46,48H,7-8,11,14-16,18-19H2,1-3H3,(H,39,44)(H3,38,42,45,49)/b22-12+/t20?,24?,26?,27?,28?,29-,35+,36+,37?/m1/s1. The molecule has 0 amide bonds. The van der Waals surface area contributed by atoms with Gasteiger partial charge in [-0.3, -0.25) is 19.6 Å². The summed E-state index contributed by atoms with van der Waals surface area (Å²) in [7, 11) is 0. The zero-order valence-electron chi connectivity index (χ0n) is 29.5. The number of ketones is 1. The third kappa shape index (κ3) is 6.50. The monoisotopic (exact) mass is 714 g/mol. The number of amidine groups is 1. The van der Waals surface area contributed by atoms with Gasteiger partial charge in [0.25, 0.3) is 5.56 Å². The molecule has 7 rings (SSSR count). The largest absolute Gasteiger partial charge is 0.423 e. The third-order valence-corrected chi connectivity index (χ3v) is 12.2. The van der Waals surface area contributed by atoms with E-state index in [1.165, 1.54) is 12.3 Å².